The molecule has 0 aliphatic heterocycles. The van der Waals surface area contributed by atoms with Gasteiger partial charge in [-0.2, -0.15) is 0 Å². The summed E-state index contributed by atoms with van der Waals surface area (Å²) in [6.45, 7) is 1.48. The number of anilines is 1. The lowest BCUT2D eigenvalue weighted by molar-refractivity contribution is -0.122. The minimum atomic E-state index is -3.52. The second-order valence-electron chi connectivity index (χ2n) is 5.12. The van der Waals surface area contributed by atoms with E-state index in [4.69, 9.17) is 16.3 Å². The number of carbonyl (C=O) groups excluding carboxylic acids is 1. The highest BCUT2D eigenvalue weighted by atomic mass is 35.5. The van der Waals surface area contributed by atoms with Crippen molar-refractivity contribution in [3.05, 3.63) is 53.3 Å². The van der Waals surface area contributed by atoms with E-state index in [0.717, 1.165) is 24.5 Å². The third-order valence-electron chi connectivity index (χ3n) is 3.10. The van der Waals surface area contributed by atoms with Crippen LogP contribution in [0, 0.1) is 5.82 Å². The normalized spacial score (nSPS) is 12.5. The molecule has 2 aromatic rings. The monoisotopic (exact) mass is 371 g/mol. The average Bonchev–Trinajstić information content (AvgIpc) is 2.48. The lowest BCUT2D eigenvalue weighted by atomic mass is 10.2. The zero-order valence-electron chi connectivity index (χ0n) is 12.9. The molecule has 24 heavy (non-hydrogen) atoms. The van der Waals surface area contributed by atoms with Crippen molar-refractivity contribution >= 4 is 33.0 Å². The Balaban J connectivity index is 2.14. The van der Waals surface area contributed by atoms with Gasteiger partial charge in [0.1, 0.15) is 11.6 Å². The molecule has 0 spiro atoms. The molecule has 0 saturated carbocycles. The maximum absolute atomic E-state index is 13.8. The molecule has 1 atom stereocenters. The van der Waals surface area contributed by atoms with Gasteiger partial charge < -0.3 is 10.1 Å². The molecule has 0 radical (unpaired) electrons. The van der Waals surface area contributed by atoms with Crippen LogP contribution in [0.1, 0.15) is 6.92 Å². The Kier molecular flexibility index (Phi) is 5.46. The van der Waals surface area contributed by atoms with Crippen LogP contribution in [0.5, 0.6) is 5.75 Å². The average molecular weight is 372 g/mol. The van der Waals surface area contributed by atoms with Crippen molar-refractivity contribution < 1.29 is 22.3 Å². The molecule has 0 aliphatic carbocycles. The summed E-state index contributed by atoms with van der Waals surface area (Å²) in [6, 6.07) is 9.66. The lowest BCUT2D eigenvalue weighted by Crippen LogP contribution is -2.30. The first-order chi connectivity index (χ1) is 11.2. The van der Waals surface area contributed by atoms with E-state index in [-0.39, 0.29) is 10.6 Å². The van der Waals surface area contributed by atoms with E-state index in [1.807, 2.05) is 0 Å². The summed E-state index contributed by atoms with van der Waals surface area (Å²) in [5.41, 5.74) is -0.232. The van der Waals surface area contributed by atoms with Gasteiger partial charge in [0.15, 0.2) is 15.9 Å². The largest absolute Gasteiger partial charge is 0.481 e. The molecule has 8 heteroatoms. The number of ether oxygens (including phenoxy) is 1. The molecule has 5 nitrogen and oxygen atoms in total. The van der Waals surface area contributed by atoms with E-state index in [0.29, 0.717) is 10.8 Å². The summed E-state index contributed by atoms with van der Waals surface area (Å²) in [7, 11) is -3.52. The molecular weight excluding hydrogens is 357 g/mol. The minimum absolute atomic E-state index is 0.0948. The van der Waals surface area contributed by atoms with Crippen molar-refractivity contribution in [2.45, 2.75) is 17.9 Å². The number of hydrogen-bond acceptors (Lipinski definition) is 4. The first-order valence-electron chi connectivity index (χ1n) is 6.89. The fourth-order valence-corrected chi connectivity index (χ4v) is 2.69. The van der Waals surface area contributed by atoms with Gasteiger partial charge in [-0.25, -0.2) is 12.8 Å². The number of amides is 1. The highest BCUT2D eigenvalue weighted by Crippen LogP contribution is 2.21. The molecule has 128 valence electrons. The molecule has 0 unspecified atom stereocenters. The Morgan fingerprint density at radius 2 is 1.96 bits per heavy atom. The first kappa shape index (κ1) is 18.2. The number of sulfone groups is 1. The third kappa shape index (κ3) is 4.69. The predicted molar refractivity (Wildman–Crippen MR) is 89.7 cm³/mol. The van der Waals surface area contributed by atoms with Gasteiger partial charge in [-0.1, -0.05) is 17.7 Å². The number of nitrogens with one attached hydrogen (secondary N) is 1. The van der Waals surface area contributed by atoms with Crippen LogP contribution < -0.4 is 10.1 Å². The maximum Gasteiger partial charge on any atom is 0.265 e. The molecule has 0 fully saturated rings. The first-order valence-corrected chi connectivity index (χ1v) is 9.16. The second kappa shape index (κ2) is 7.19. The van der Waals surface area contributed by atoms with Crippen LogP contribution in [0.3, 0.4) is 0 Å². The zero-order chi connectivity index (χ0) is 17.9. The van der Waals surface area contributed by atoms with Crippen molar-refractivity contribution in [2.75, 3.05) is 11.6 Å². The van der Waals surface area contributed by atoms with Gasteiger partial charge in [0.2, 0.25) is 0 Å². The van der Waals surface area contributed by atoms with E-state index in [1.54, 1.807) is 18.2 Å². The number of hydrogen-bond donors (Lipinski definition) is 1. The Morgan fingerprint density at radius 1 is 1.25 bits per heavy atom. The molecule has 2 rings (SSSR count). The molecule has 0 aromatic heterocycles. The molecular formula is C16H15ClFNO4S. The van der Waals surface area contributed by atoms with Gasteiger partial charge in [-0.3, -0.25) is 4.79 Å². The van der Waals surface area contributed by atoms with Crippen LogP contribution >= 0.6 is 11.6 Å². The summed E-state index contributed by atoms with van der Waals surface area (Å²) in [5.74, 6) is -0.985. The summed E-state index contributed by atoms with van der Waals surface area (Å²) in [4.78, 5) is 12.0. The maximum atomic E-state index is 13.8. The van der Waals surface area contributed by atoms with Crippen LogP contribution in [0.25, 0.3) is 0 Å². The summed E-state index contributed by atoms with van der Waals surface area (Å²) in [5, 5.41) is 2.77. The van der Waals surface area contributed by atoms with Crippen molar-refractivity contribution in [1.82, 2.24) is 0 Å². The van der Waals surface area contributed by atoms with E-state index >= 15 is 0 Å². The van der Waals surface area contributed by atoms with Crippen molar-refractivity contribution in [1.29, 1.82) is 0 Å². The highest BCUT2D eigenvalue weighted by molar-refractivity contribution is 7.90. The standard InChI is InChI=1S/C16H15ClFNO4S/c1-10(23-12-5-3-4-11(17)8-12)16(20)19-15-9-13(24(2,21)22)6-7-14(15)18/h3-10H,1-2H3,(H,19,20)/t10-/m1/s1. The van der Waals surface area contributed by atoms with E-state index < -0.39 is 27.7 Å². The van der Waals surface area contributed by atoms with Gasteiger partial charge >= 0.3 is 0 Å². The molecule has 2 aromatic carbocycles. The number of rotatable bonds is 5. The number of benzene rings is 2. The van der Waals surface area contributed by atoms with E-state index in [9.17, 15) is 17.6 Å². The van der Waals surface area contributed by atoms with Crippen LogP contribution in [-0.2, 0) is 14.6 Å². The van der Waals surface area contributed by atoms with Crippen LogP contribution in [0.2, 0.25) is 5.02 Å². The van der Waals surface area contributed by atoms with Gasteiger partial charge in [-0.15, -0.1) is 0 Å². The predicted octanol–water partition coefficient (Wildman–Crippen LogP) is 3.29. The molecule has 1 amide bonds. The molecule has 1 N–H and O–H groups in total. The van der Waals surface area contributed by atoms with Crippen molar-refractivity contribution in [2.24, 2.45) is 0 Å². The van der Waals surface area contributed by atoms with Gasteiger partial charge in [0.05, 0.1) is 10.6 Å². The smallest absolute Gasteiger partial charge is 0.265 e. The topological polar surface area (TPSA) is 72.5 Å². The minimum Gasteiger partial charge on any atom is -0.481 e. The van der Waals surface area contributed by atoms with Gasteiger partial charge in [0, 0.05) is 11.3 Å². The number of halogens is 2. The Morgan fingerprint density at radius 3 is 2.58 bits per heavy atom. The lowest BCUT2D eigenvalue weighted by Gasteiger charge is -2.15. The van der Waals surface area contributed by atoms with Gasteiger partial charge in [0.25, 0.3) is 5.91 Å². The van der Waals surface area contributed by atoms with Gasteiger partial charge in [-0.05, 0) is 43.3 Å². The van der Waals surface area contributed by atoms with Crippen LogP contribution in [0.4, 0.5) is 10.1 Å². The molecule has 0 bridgehead atoms. The second-order valence-corrected chi connectivity index (χ2v) is 7.57. The summed E-state index contributed by atoms with van der Waals surface area (Å²) >= 11 is 5.83. The SMILES string of the molecule is C[C@@H](Oc1cccc(Cl)c1)C(=O)Nc1cc(S(C)(=O)=O)ccc1F. The summed E-state index contributed by atoms with van der Waals surface area (Å²) in [6.07, 6.45) is 0.0567. The fourth-order valence-electron chi connectivity index (χ4n) is 1.86. The molecule has 0 heterocycles. The quantitative estimate of drug-likeness (QED) is 0.818. The Hall–Kier alpha value is -2.12. The highest BCUT2D eigenvalue weighted by Gasteiger charge is 2.18. The molecule has 0 aliphatic rings. The fraction of sp³-hybridized carbons (Fsp3) is 0.188. The third-order valence-corrected chi connectivity index (χ3v) is 4.45. The molecule has 0 saturated heterocycles. The van der Waals surface area contributed by atoms with Crippen molar-refractivity contribution in [3.8, 4) is 5.75 Å². The van der Waals surface area contributed by atoms with Crippen LogP contribution in [0.15, 0.2) is 47.4 Å². The van der Waals surface area contributed by atoms with Crippen molar-refractivity contribution in [3.63, 3.8) is 0 Å². The van der Waals surface area contributed by atoms with E-state index in [1.165, 1.54) is 13.0 Å². The number of carbonyl (C=O) groups is 1. The Labute approximate surface area is 144 Å². The summed E-state index contributed by atoms with van der Waals surface area (Å²) < 4.78 is 42.3. The zero-order valence-corrected chi connectivity index (χ0v) is 14.5. The van der Waals surface area contributed by atoms with E-state index in [2.05, 4.69) is 5.32 Å². The Bertz CT molecular complexity index is 870. The van der Waals surface area contributed by atoms with Crippen LogP contribution in [-0.4, -0.2) is 26.7 Å².